The zero-order chi connectivity index (χ0) is 11.3. The minimum atomic E-state index is -0.807. The summed E-state index contributed by atoms with van der Waals surface area (Å²) in [5.41, 5.74) is -0.807. The molecule has 0 amide bonds. The van der Waals surface area contributed by atoms with Gasteiger partial charge in [0, 0.05) is 0 Å². The summed E-state index contributed by atoms with van der Waals surface area (Å²) in [6, 6.07) is 7.36. The third-order valence-electron chi connectivity index (χ3n) is 1.73. The zero-order valence-electron chi connectivity index (χ0n) is 9.49. The number of hydrogen-bond donors (Lipinski definition) is 1. The largest absolute Gasteiger partial charge is 0.494 e. The van der Waals surface area contributed by atoms with Gasteiger partial charge >= 0.3 is 0 Å². The molecule has 0 aliphatic heterocycles. The summed E-state index contributed by atoms with van der Waals surface area (Å²) in [6.07, 6.45) is 0. The molecule has 0 fully saturated rings. The molecular weight excluding hydrogens is 192 g/mol. The first-order valence-electron chi connectivity index (χ1n) is 5.09. The molecule has 0 atom stereocenters. The van der Waals surface area contributed by atoms with Gasteiger partial charge in [-0.1, -0.05) is 0 Å². The third kappa shape index (κ3) is 4.70. The first-order valence-corrected chi connectivity index (χ1v) is 5.09. The highest BCUT2D eigenvalue weighted by Crippen LogP contribution is 2.18. The monoisotopic (exact) mass is 210 g/mol. The molecule has 1 aromatic carbocycles. The third-order valence-corrected chi connectivity index (χ3v) is 1.73. The standard InChI is InChI=1S/C12H18O3/c1-4-14-10-5-7-11(8-6-10)15-9-12(2,3)13/h5-8,13H,4,9H2,1-3H3. The van der Waals surface area contributed by atoms with Crippen LogP contribution in [-0.4, -0.2) is 23.9 Å². The van der Waals surface area contributed by atoms with Crippen LogP contribution in [-0.2, 0) is 0 Å². The van der Waals surface area contributed by atoms with Gasteiger partial charge in [0.1, 0.15) is 18.1 Å². The van der Waals surface area contributed by atoms with E-state index in [0.29, 0.717) is 6.61 Å². The van der Waals surface area contributed by atoms with Crippen molar-refractivity contribution in [2.24, 2.45) is 0 Å². The van der Waals surface area contributed by atoms with Gasteiger partial charge in [-0.3, -0.25) is 0 Å². The Hall–Kier alpha value is -1.22. The summed E-state index contributed by atoms with van der Waals surface area (Å²) in [7, 11) is 0. The molecule has 3 heteroatoms. The summed E-state index contributed by atoms with van der Waals surface area (Å²) in [5, 5.41) is 9.47. The van der Waals surface area contributed by atoms with E-state index in [1.807, 2.05) is 31.2 Å². The number of hydrogen-bond acceptors (Lipinski definition) is 3. The molecule has 0 heterocycles. The van der Waals surface area contributed by atoms with Crippen LogP contribution in [0.3, 0.4) is 0 Å². The second-order valence-corrected chi connectivity index (χ2v) is 4.01. The van der Waals surface area contributed by atoms with E-state index in [1.54, 1.807) is 13.8 Å². The Labute approximate surface area is 90.6 Å². The van der Waals surface area contributed by atoms with E-state index in [4.69, 9.17) is 9.47 Å². The average Bonchev–Trinajstić information content (AvgIpc) is 2.16. The van der Waals surface area contributed by atoms with Gasteiger partial charge in [-0.05, 0) is 45.0 Å². The van der Waals surface area contributed by atoms with Gasteiger partial charge in [-0.25, -0.2) is 0 Å². The van der Waals surface area contributed by atoms with Crippen LogP contribution < -0.4 is 9.47 Å². The fourth-order valence-electron chi connectivity index (χ4n) is 1.06. The van der Waals surface area contributed by atoms with E-state index in [9.17, 15) is 5.11 Å². The molecule has 0 spiro atoms. The first-order chi connectivity index (χ1) is 7.01. The Balaban J connectivity index is 2.50. The number of ether oxygens (including phenoxy) is 2. The molecule has 0 aliphatic carbocycles. The summed E-state index contributed by atoms with van der Waals surface area (Å²) in [4.78, 5) is 0. The molecule has 1 N–H and O–H groups in total. The fraction of sp³-hybridized carbons (Fsp3) is 0.500. The van der Waals surface area contributed by atoms with Crippen molar-refractivity contribution in [2.45, 2.75) is 26.4 Å². The molecule has 0 unspecified atom stereocenters. The maximum absolute atomic E-state index is 9.47. The normalized spacial score (nSPS) is 11.2. The van der Waals surface area contributed by atoms with E-state index in [1.165, 1.54) is 0 Å². The van der Waals surface area contributed by atoms with Gasteiger partial charge < -0.3 is 14.6 Å². The van der Waals surface area contributed by atoms with Crippen molar-refractivity contribution < 1.29 is 14.6 Å². The van der Waals surface area contributed by atoms with Crippen molar-refractivity contribution >= 4 is 0 Å². The predicted molar refractivity (Wildman–Crippen MR) is 59.4 cm³/mol. The summed E-state index contributed by atoms with van der Waals surface area (Å²) >= 11 is 0. The van der Waals surface area contributed by atoms with Crippen LogP contribution >= 0.6 is 0 Å². The van der Waals surface area contributed by atoms with E-state index in [2.05, 4.69) is 0 Å². The van der Waals surface area contributed by atoms with Gasteiger partial charge in [-0.15, -0.1) is 0 Å². The lowest BCUT2D eigenvalue weighted by atomic mass is 10.2. The van der Waals surface area contributed by atoms with Crippen LogP contribution in [0.2, 0.25) is 0 Å². The minimum Gasteiger partial charge on any atom is -0.494 e. The maximum atomic E-state index is 9.47. The zero-order valence-corrected chi connectivity index (χ0v) is 9.49. The number of benzene rings is 1. The Morgan fingerprint density at radius 1 is 1.07 bits per heavy atom. The van der Waals surface area contributed by atoms with Crippen LogP contribution in [0, 0.1) is 0 Å². The van der Waals surface area contributed by atoms with Crippen molar-refractivity contribution in [3.8, 4) is 11.5 Å². The van der Waals surface area contributed by atoms with Crippen LogP contribution in [0.5, 0.6) is 11.5 Å². The molecule has 0 aliphatic rings. The Morgan fingerprint density at radius 3 is 1.93 bits per heavy atom. The smallest absolute Gasteiger partial charge is 0.119 e. The molecule has 1 aromatic rings. The molecule has 1 rings (SSSR count). The van der Waals surface area contributed by atoms with Gasteiger partial charge in [0.25, 0.3) is 0 Å². The molecule has 84 valence electrons. The van der Waals surface area contributed by atoms with E-state index in [0.717, 1.165) is 11.5 Å². The van der Waals surface area contributed by atoms with Crippen molar-refractivity contribution in [1.29, 1.82) is 0 Å². The van der Waals surface area contributed by atoms with Gasteiger partial charge in [0.15, 0.2) is 0 Å². The molecular formula is C12H18O3. The summed E-state index contributed by atoms with van der Waals surface area (Å²) in [5.74, 6) is 1.56. The maximum Gasteiger partial charge on any atom is 0.119 e. The lowest BCUT2D eigenvalue weighted by molar-refractivity contribution is 0.0285. The van der Waals surface area contributed by atoms with Crippen LogP contribution in [0.1, 0.15) is 20.8 Å². The molecule has 15 heavy (non-hydrogen) atoms. The second-order valence-electron chi connectivity index (χ2n) is 4.01. The average molecular weight is 210 g/mol. The summed E-state index contributed by atoms with van der Waals surface area (Å²) < 4.78 is 10.7. The molecule has 0 bridgehead atoms. The quantitative estimate of drug-likeness (QED) is 0.810. The number of rotatable bonds is 5. The Bertz CT molecular complexity index is 285. The van der Waals surface area contributed by atoms with Gasteiger partial charge in [-0.2, -0.15) is 0 Å². The lowest BCUT2D eigenvalue weighted by Gasteiger charge is -2.17. The van der Waals surface area contributed by atoms with Crippen molar-refractivity contribution in [3.63, 3.8) is 0 Å². The minimum absolute atomic E-state index is 0.279. The van der Waals surface area contributed by atoms with Crippen molar-refractivity contribution in [2.75, 3.05) is 13.2 Å². The van der Waals surface area contributed by atoms with Crippen LogP contribution in [0.15, 0.2) is 24.3 Å². The number of aliphatic hydroxyl groups is 1. The highest BCUT2D eigenvalue weighted by Gasteiger charge is 2.12. The molecule has 3 nitrogen and oxygen atoms in total. The summed E-state index contributed by atoms with van der Waals surface area (Å²) in [6.45, 7) is 6.30. The van der Waals surface area contributed by atoms with Crippen LogP contribution in [0.4, 0.5) is 0 Å². The van der Waals surface area contributed by atoms with Crippen molar-refractivity contribution in [3.05, 3.63) is 24.3 Å². The molecule has 0 aromatic heterocycles. The highest BCUT2D eigenvalue weighted by molar-refractivity contribution is 5.31. The Morgan fingerprint density at radius 2 is 1.53 bits per heavy atom. The lowest BCUT2D eigenvalue weighted by Crippen LogP contribution is -2.27. The van der Waals surface area contributed by atoms with Crippen molar-refractivity contribution in [1.82, 2.24) is 0 Å². The Kier molecular flexibility index (Phi) is 3.97. The van der Waals surface area contributed by atoms with E-state index >= 15 is 0 Å². The SMILES string of the molecule is CCOc1ccc(OCC(C)(C)O)cc1. The molecule has 0 radical (unpaired) electrons. The molecule has 0 saturated heterocycles. The second kappa shape index (κ2) is 5.03. The highest BCUT2D eigenvalue weighted by atomic mass is 16.5. The first kappa shape index (κ1) is 11.9. The van der Waals surface area contributed by atoms with Gasteiger partial charge in [0.2, 0.25) is 0 Å². The van der Waals surface area contributed by atoms with E-state index < -0.39 is 5.60 Å². The predicted octanol–water partition coefficient (Wildman–Crippen LogP) is 2.24. The van der Waals surface area contributed by atoms with E-state index in [-0.39, 0.29) is 6.61 Å². The topological polar surface area (TPSA) is 38.7 Å². The van der Waals surface area contributed by atoms with Gasteiger partial charge in [0.05, 0.1) is 12.2 Å². The fourth-order valence-corrected chi connectivity index (χ4v) is 1.06. The van der Waals surface area contributed by atoms with Crippen LogP contribution in [0.25, 0.3) is 0 Å². The molecule has 0 saturated carbocycles.